The van der Waals surface area contributed by atoms with Gasteiger partial charge in [0.15, 0.2) is 0 Å². The Labute approximate surface area is 179 Å². The normalized spacial score (nSPS) is 18.3. The van der Waals surface area contributed by atoms with Crippen LogP contribution in [0.3, 0.4) is 0 Å². The number of para-hydroxylation sites is 1. The number of ether oxygens (including phenoxy) is 2. The molecule has 1 heterocycles. The molecular weight excluding hydrogens is 384 g/mol. The first-order chi connectivity index (χ1) is 15.0. The van der Waals surface area contributed by atoms with Gasteiger partial charge < -0.3 is 14.4 Å². The molecule has 1 aromatic carbocycles. The van der Waals surface area contributed by atoms with Crippen molar-refractivity contribution < 1.29 is 30.7 Å². The molecule has 2 rings (SSSR count). The maximum atomic E-state index is 13.1. The number of anilines is 1. The number of halogens is 1. The zero-order chi connectivity index (χ0) is 24.2. The summed E-state index contributed by atoms with van der Waals surface area (Å²) >= 11 is 0. The maximum Gasteiger partial charge on any atom is 0.332 e. The Hall–Kier alpha value is -2.12. The van der Waals surface area contributed by atoms with Gasteiger partial charge in [-0.05, 0) is 24.9 Å². The van der Waals surface area contributed by atoms with Crippen LogP contribution in [-0.4, -0.2) is 62.1 Å². The van der Waals surface area contributed by atoms with Gasteiger partial charge in [0.25, 0.3) is 0 Å². The minimum Gasteiger partial charge on any atom is -0.469 e. The van der Waals surface area contributed by atoms with Crippen LogP contribution in [0.2, 0.25) is 0 Å². The molecule has 8 heteroatoms. The van der Waals surface area contributed by atoms with E-state index in [9.17, 15) is 14.4 Å². The average Bonchev–Trinajstić information content (AvgIpc) is 2.81. The third kappa shape index (κ3) is 5.23. The minimum atomic E-state index is -1.54. The predicted octanol–water partition coefficient (Wildman–Crippen LogP) is 2.42. The molecule has 1 aliphatic heterocycles. The van der Waals surface area contributed by atoms with Gasteiger partial charge in [0.2, 0.25) is 5.91 Å². The summed E-state index contributed by atoms with van der Waals surface area (Å²) in [5.41, 5.74) is -1.88. The van der Waals surface area contributed by atoms with Crippen molar-refractivity contribution in [1.82, 2.24) is 4.90 Å². The lowest BCUT2D eigenvalue weighted by molar-refractivity contribution is -0.151. The molecular formula is C20H29ClN2O5. The molecule has 7 nitrogen and oxygen atoms in total. The number of carbonyl (C=O) groups excluding carboxylic acids is 3. The number of hydrogen-bond acceptors (Lipinski definition) is 6. The highest BCUT2D eigenvalue weighted by Gasteiger charge is 2.49. The predicted molar refractivity (Wildman–Crippen MR) is 109 cm³/mol. The van der Waals surface area contributed by atoms with Gasteiger partial charge in [-0.1, -0.05) is 25.1 Å². The molecule has 0 unspecified atom stereocenters. The largest absolute Gasteiger partial charge is 0.469 e. The van der Waals surface area contributed by atoms with Gasteiger partial charge in [-0.15, -0.1) is 12.4 Å². The number of nitrogens with zero attached hydrogens (tertiary/aromatic N) is 2. The van der Waals surface area contributed by atoms with Gasteiger partial charge >= 0.3 is 11.9 Å². The van der Waals surface area contributed by atoms with Gasteiger partial charge in [-0.2, -0.15) is 0 Å². The van der Waals surface area contributed by atoms with Crippen molar-refractivity contribution in [2.45, 2.75) is 38.1 Å². The Balaban J connectivity index is 0.00000544. The molecule has 0 bridgehead atoms. The highest BCUT2D eigenvalue weighted by molar-refractivity contribution is 6.02. The summed E-state index contributed by atoms with van der Waals surface area (Å²) in [7, 11) is 2.49. The second-order valence-corrected chi connectivity index (χ2v) is 6.25. The van der Waals surface area contributed by atoms with Crippen LogP contribution in [-0.2, 0) is 23.9 Å². The number of rotatable bonds is 7. The van der Waals surface area contributed by atoms with E-state index in [1.807, 2.05) is 4.90 Å². The van der Waals surface area contributed by atoms with E-state index in [-0.39, 0.29) is 49.7 Å². The molecule has 0 saturated carbocycles. The van der Waals surface area contributed by atoms with Crippen LogP contribution in [0.1, 0.15) is 39.5 Å². The monoisotopic (exact) mass is 417 g/mol. The van der Waals surface area contributed by atoms with Gasteiger partial charge in [-0.25, -0.2) is 4.79 Å². The van der Waals surface area contributed by atoms with Gasteiger partial charge in [0, 0.05) is 31.7 Å². The Morgan fingerprint density at radius 3 is 2.25 bits per heavy atom. The van der Waals surface area contributed by atoms with Crippen LogP contribution in [0.5, 0.6) is 0 Å². The first-order valence-electron chi connectivity index (χ1n) is 11.3. The van der Waals surface area contributed by atoms with Crippen molar-refractivity contribution in [3.63, 3.8) is 0 Å². The van der Waals surface area contributed by atoms with E-state index < -0.39 is 47.6 Å². The topological polar surface area (TPSA) is 76.2 Å². The Morgan fingerprint density at radius 1 is 1.14 bits per heavy atom. The standard InChI is InChI=1S/C20H28N2O5.ClH/c1-4-17(23)22(16-8-6-5-7-9-16)20(19(25)27-3)11-14-21(15-12-20)13-10-18(24)26-2;/h5-9H,4,10-15H2,1-3H3;1H/i5D,6D,7D,8D,9D;. The van der Waals surface area contributed by atoms with Crippen LogP contribution in [0.15, 0.2) is 30.2 Å². The summed E-state index contributed by atoms with van der Waals surface area (Å²) in [6.07, 6.45) is 0.332. The summed E-state index contributed by atoms with van der Waals surface area (Å²) in [5, 5.41) is 0. The summed E-state index contributed by atoms with van der Waals surface area (Å²) in [6, 6.07) is -2.89. The van der Waals surface area contributed by atoms with Crippen molar-refractivity contribution in [2.75, 3.05) is 38.8 Å². The molecule has 0 aromatic heterocycles. The molecule has 1 amide bonds. The van der Waals surface area contributed by atoms with Crippen molar-refractivity contribution in [3.05, 3.63) is 30.2 Å². The molecule has 1 aromatic rings. The van der Waals surface area contributed by atoms with Crippen LogP contribution < -0.4 is 4.90 Å². The smallest absolute Gasteiger partial charge is 0.332 e. The van der Waals surface area contributed by atoms with Crippen molar-refractivity contribution in [2.24, 2.45) is 0 Å². The lowest BCUT2D eigenvalue weighted by Gasteiger charge is -2.46. The summed E-state index contributed by atoms with van der Waals surface area (Å²) in [6.45, 7) is 2.64. The number of methoxy groups -OCH3 is 2. The number of carbonyl (C=O) groups is 3. The molecule has 0 spiro atoms. The number of benzene rings is 1. The second kappa shape index (κ2) is 11.0. The van der Waals surface area contributed by atoms with E-state index in [1.165, 1.54) is 14.2 Å². The van der Waals surface area contributed by atoms with E-state index in [1.54, 1.807) is 6.92 Å². The highest BCUT2D eigenvalue weighted by atomic mass is 35.5. The molecule has 1 saturated heterocycles. The SMILES string of the molecule is Cl.[2H]c1c([2H])c([2H])c(N(C(=O)CC)C2(C(=O)OC)CCN(CCC(=O)OC)CC2)c([2H])c1[2H]. The van der Waals surface area contributed by atoms with Gasteiger partial charge in [0.05, 0.1) is 27.5 Å². The fraction of sp³-hybridized carbons (Fsp3) is 0.550. The van der Waals surface area contributed by atoms with E-state index >= 15 is 0 Å². The Bertz CT molecular complexity index is 880. The van der Waals surface area contributed by atoms with Crippen LogP contribution >= 0.6 is 12.4 Å². The molecule has 28 heavy (non-hydrogen) atoms. The molecule has 156 valence electrons. The first kappa shape index (κ1) is 16.8. The van der Waals surface area contributed by atoms with E-state index in [2.05, 4.69) is 4.74 Å². The number of esters is 2. The van der Waals surface area contributed by atoms with Crippen molar-refractivity contribution >= 4 is 35.9 Å². The van der Waals surface area contributed by atoms with E-state index in [4.69, 9.17) is 11.6 Å². The zero-order valence-corrected chi connectivity index (χ0v) is 17.1. The summed E-state index contributed by atoms with van der Waals surface area (Å²) < 4.78 is 50.1. The number of hydrogen-bond donors (Lipinski definition) is 0. The average molecular weight is 418 g/mol. The van der Waals surface area contributed by atoms with E-state index in [0.29, 0.717) is 19.6 Å². The lowest BCUT2D eigenvalue weighted by atomic mass is 9.84. The fourth-order valence-electron chi connectivity index (χ4n) is 3.30. The van der Waals surface area contributed by atoms with E-state index in [0.717, 1.165) is 4.90 Å². The molecule has 0 atom stereocenters. The lowest BCUT2D eigenvalue weighted by Crippen LogP contribution is -2.62. The molecule has 0 N–H and O–H groups in total. The maximum absolute atomic E-state index is 13.1. The molecule has 1 fully saturated rings. The highest BCUT2D eigenvalue weighted by Crippen LogP contribution is 2.35. The summed E-state index contributed by atoms with van der Waals surface area (Å²) in [5.74, 6) is -1.65. The van der Waals surface area contributed by atoms with Crippen LogP contribution in [0.25, 0.3) is 0 Å². The summed E-state index contributed by atoms with van der Waals surface area (Å²) in [4.78, 5) is 40.6. The van der Waals surface area contributed by atoms with Crippen molar-refractivity contribution in [3.8, 4) is 0 Å². The number of piperidine rings is 1. The van der Waals surface area contributed by atoms with Gasteiger partial charge in [-0.3, -0.25) is 14.5 Å². The number of amides is 1. The minimum absolute atomic E-state index is 0. The van der Waals surface area contributed by atoms with Crippen molar-refractivity contribution in [1.29, 1.82) is 0 Å². The molecule has 0 aliphatic carbocycles. The Morgan fingerprint density at radius 2 is 1.75 bits per heavy atom. The molecule has 1 aliphatic rings. The number of likely N-dealkylation sites (tertiary alicyclic amines) is 1. The second-order valence-electron chi connectivity index (χ2n) is 6.25. The Kier molecular flexibility index (Phi) is 6.61. The third-order valence-electron chi connectivity index (χ3n) is 4.80. The molecule has 0 radical (unpaired) electrons. The third-order valence-corrected chi connectivity index (χ3v) is 4.80. The first-order valence-corrected chi connectivity index (χ1v) is 8.83. The van der Waals surface area contributed by atoms with Crippen LogP contribution in [0.4, 0.5) is 5.69 Å². The fourth-order valence-corrected chi connectivity index (χ4v) is 3.30. The van der Waals surface area contributed by atoms with Gasteiger partial charge in [0.1, 0.15) is 5.54 Å². The zero-order valence-electron chi connectivity index (χ0n) is 21.3. The van der Waals surface area contributed by atoms with Crippen LogP contribution in [0, 0.1) is 0 Å². The quantitative estimate of drug-likeness (QED) is 0.634.